The Kier molecular flexibility index (Phi) is 25.0. The van der Waals surface area contributed by atoms with Crippen LogP contribution in [-0.4, -0.2) is 107 Å². The number of rotatable bonds is 16. The summed E-state index contributed by atoms with van der Waals surface area (Å²) in [4.78, 5) is 68.7. The predicted molar refractivity (Wildman–Crippen MR) is 348 cm³/mol. The molecule has 0 unspecified atom stereocenters. The number of ether oxygens (including phenoxy) is 8. The molecule has 494 valence electrons. The van der Waals surface area contributed by atoms with Crippen LogP contribution < -0.4 is 40.1 Å². The molecule has 5 saturated carbocycles. The molecule has 1 amide bonds. The van der Waals surface area contributed by atoms with Gasteiger partial charge in [-0.25, -0.2) is 14.4 Å². The van der Waals surface area contributed by atoms with Crippen molar-refractivity contribution >= 4 is 42.6 Å². The normalized spacial score (nSPS) is 17.8. The summed E-state index contributed by atoms with van der Waals surface area (Å²) in [7, 11) is 0. The maximum atomic E-state index is 12.0. The molecular formula is C73H86N4O16. The van der Waals surface area contributed by atoms with Crippen LogP contribution in [0.4, 0.5) is 0 Å². The molecule has 2 aliphatic heterocycles. The number of para-hydroxylation sites is 6. The van der Waals surface area contributed by atoms with Crippen molar-refractivity contribution in [1.29, 1.82) is 0 Å². The Bertz CT molecular complexity index is 3500. The second-order valence-electron chi connectivity index (χ2n) is 23.5. The van der Waals surface area contributed by atoms with Gasteiger partial charge in [-0.2, -0.15) is 0 Å². The van der Waals surface area contributed by atoms with Crippen molar-refractivity contribution in [1.82, 2.24) is 10.6 Å². The topological polar surface area (TPSA) is 279 Å². The van der Waals surface area contributed by atoms with Crippen molar-refractivity contribution < 1.29 is 77.0 Å². The van der Waals surface area contributed by atoms with Crippen molar-refractivity contribution in [3.05, 3.63) is 179 Å². The van der Waals surface area contributed by atoms with Gasteiger partial charge in [-0.3, -0.25) is 14.4 Å². The van der Waals surface area contributed by atoms with Crippen molar-refractivity contribution in [3.63, 3.8) is 0 Å². The van der Waals surface area contributed by atoms with E-state index in [4.69, 9.17) is 53.9 Å². The van der Waals surface area contributed by atoms with Gasteiger partial charge in [-0.05, 0) is 172 Å². The first-order valence-electron chi connectivity index (χ1n) is 32.1. The number of carbonyl (C=O) groups excluding carboxylic acids is 6. The molecule has 20 nitrogen and oxygen atoms in total. The van der Waals surface area contributed by atoms with E-state index in [0.717, 1.165) is 80.5 Å². The second kappa shape index (κ2) is 33.3. The van der Waals surface area contributed by atoms with E-state index in [-0.39, 0.29) is 35.2 Å². The summed E-state index contributed by atoms with van der Waals surface area (Å²) >= 11 is 0. The fraction of sp³-hybridized carbons (Fsp3) is 0.411. The Balaban J connectivity index is 0.000000145. The van der Waals surface area contributed by atoms with Gasteiger partial charge in [0.25, 0.3) is 5.91 Å². The highest BCUT2D eigenvalue weighted by Crippen LogP contribution is 2.43. The van der Waals surface area contributed by atoms with Gasteiger partial charge in [0.15, 0.2) is 18.2 Å². The highest BCUT2D eigenvalue weighted by Gasteiger charge is 2.51. The zero-order chi connectivity index (χ0) is 66.2. The Hall–Kier alpha value is -9.27. The number of oxime groups is 1. The number of nitrogens with zero attached hydrogens (tertiary/aromatic N) is 1. The number of aldehydes is 2. The first kappa shape index (κ1) is 69.6. The van der Waals surface area contributed by atoms with E-state index < -0.39 is 22.4 Å². The molecule has 0 atom stereocenters. The predicted octanol–water partition coefficient (Wildman–Crippen LogP) is 11.6. The van der Waals surface area contributed by atoms with E-state index in [1.165, 1.54) is 37.1 Å². The highest BCUT2D eigenvalue weighted by molar-refractivity contribution is 5.88. The number of hydrogen-bond acceptors (Lipinski definition) is 19. The zero-order valence-corrected chi connectivity index (χ0v) is 53.3. The highest BCUT2D eigenvalue weighted by atomic mass is 16.6. The molecule has 7 aliphatic rings. The van der Waals surface area contributed by atoms with E-state index in [9.17, 15) is 28.8 Å². The van der Waals surface area contributed by atoms with E-state index in [1.54, 1.807) is 75.4 Å². The van der Waals surface area contributed by atoms with Gasteiger partial charge in [-0.1, -0.05) is 96.2 Å². The second-order valence-corrected chi connectivity index (χ2v) is 23.5. The third-order valence-electron chi connectivity index (χ3n) is 17.4. The lowest BCUT2D eigenvalue weighted by Gasteiger charge is -2.41. The molecule has 13 rings (SSSR count). The maximum Gasteiger partial charge on any atom is 0.350 e. The summed E-state index contributed by atoms with van der Waals surface area (Å²) in [5.74, 6) is 2.75. The summed E-state index contributed by atoms with van der Waals surface area (Å²) in [6, 6.07) is 44.2. The molecule has 5 aliphatic carbocycles. The van der Waals surface area contributed by atoms with E-state index in [1.807, 2.05) is 60.7 Å². The molecule has 0 aromatic heterocycles. The number of phenolic OH excluding ortho intramolecular Hbond substituents is 1. The van der Waals surface area contributed by atoms with Gasteiger partial charge in [0.1, 0.15) is 40.1 Å². The number of benzene rings is 6. The van der Waals surface area contributed by atoms with Gasteiger partial charge in [-0.15, -0.1) is 0 Å². The van der Waals surface area contributed by atoms with Crippen LogP contribution in [0.3, 0.4) is 0 Å². The van der Waals surface area contributed by atoms with Crippen LogP contribution in [0.25, 0.3) is 0 Å². The first-order valence-corrected chi connectivity index (χ1v) is 32.1. The minimum Gasteiger partial charge on any atom is -0.507 e. The number of fused-ring (bicyclic) bond motifs is 2. The largest absolute Gasteiger partial charge is 0.507 e. The molecule has 93 heavy (non-hydrogen) atoms. The number of nitrogens with one attached hydrogen (secondary N) is 2. The van der Waals surface area contributed by atoms with Gasteiger partial charge in [0.2, 0.25) is 16.8 Å². The molecule has 0 saturated heterocycles. The number of nitrogens with two attached hydrogens (primary N) is 1. The number of phenols is 1. The fourth-order valence-corrected chi connectivity index (χ4v) is 11.2. The Morgan fingerprint density at radius 1 is 0.527 bits per heavy atom. The minimum atomic E-state index is -0.894. The van der Waals surface area contributed by atoms with Crippen LogP contribution in [0, 0.1) is 0 Å². The quantitative estimate of drug-likeness (QED) is 0.0150. The van der Waals surface area contributed by atoms with Crippen molar-refractivity contribution in [2.75, 3.05) is 26.4 Å². The van der Waals surface area contributed by atoms with Crippen molar-refractivity contribution in [2.24, 2.45) is 10.9 Å². The van der Waals surface area contributed by atoms with Crippen LogP contribution in [0.15, 0.2) is 151 Å². The lowest BCUT2D eigenvalue weighted by atomic mass is 9.79. The SMILES string of the molecule is CCOC(=O)C1(Oc2ccccc2/C=N/O)CCC1.CCOC(=O)C1(Oc2ccccc2C=O)CCC1.CCOC(=O)C1(Oc2ccccc2CN)CCC1.O=C1NCc2ccccc2OC12CCC2.O=Cc1ccccc1O.c1ccc2c(c1)CNCC1(CCC1)O2. The zero-order valence-electron chi connectivity index (χ0n) is 53.3. The molecule has 5 fully saturated rings. The monoisotopic (exact) mass is 1270 g/mol. The van der Waals surface area contributed by atoms with Gasteiger partial charge >= 0.3 is 17.9 Å². The fourth-order valence-electron chi connectivity index (χ4n) is 11.2. The molecule has 6 aromatic carbocycles. The Labute approximate surface area is 543 Å². The number of esters is 3. The lowest BCUT2D eigenvalue weighted by Crippen LogP contribution is -2.54. The molecule has 2 spiro atoms. The van der Waals surface area contributed by atoms with Gasteiger partial charge < -0.3 is 64.6 Å². The first-order chi connectivity index (χ1) is 45.2. The average molecular weight is 1280 g/mol. The molecule has 2 heterocycles. The standard InChI is InChI=1S/C14H17NO4.C14H19NO3.C14H16O4.C12H13NO2.C12H15NO.C7H6O2/c1-2-18-13(16)14(8-5-9-14)19-12-7-4-3-6-11(12)10-15-17;2*1-2-17-13(16)14(8-5-9-14)18-12-7-4-3-6-11(12)10-15;14-11-12(6-3-7-12)15-10-5-2-1-4-9(10)8-13-11;1-2-5-11-10(4-1)8-13-9-12(14-11)6-3-7-12;8-5-6-3-1-2-4-7(6)9/h3-4,6-7,10,17H,2,5,8-9H2,1H3;3-4,6-7H,2,5,8-10,15H2,1H3;3-4,6-7,10H,2,5,8-9H2,1H3;1-2,4-5H,3,6-8H2,(H,13,14);1-2,4-5,13H,3,6-9H2;1-5,9H/b15-10+;;;;;. The van der Waals surface area contributed by atoms with Crippen molar-refractivity contribution in [3.8, 4) is 34.5 Å². The molecule has 6 N–H and O–H groups in total. The van der Waals surface area contributed by atoms with Crippen LogP contribution in [0.5, 0.6) is 34.5 Å². The Morgan fingerprint density at radius 3 is 1.39 bits per heavy atom. The average Bonchev–Trinajstić information content (AvgIpc) is 1.69. The molecular weight excluding hydrogens is 1190 g/mol. The molecule has 6 aromatic rings. The van der Waals surface area contributed by atoms with Crippen LogP contribution in [0.1, 0.15) is 160 Å². The van der Waals surface area contributed by atoms with Crippen LogP contribution in [0.2, 0.25) is 0 Å². The number of carbonyl (C=O) groups is 6. The number of hydrogen-bond donors (Lipinski definition) is 5. The Morgan fingerprint density at radius 2 is 0.946 bits per heavy atom. The van der Waals surface area contributed by atoms with E-state index >= 15 is 0 Å². The summed E-state index contributed by atoms with van der Waals surface area (Å²) in [6.45, 7) is 9.31. The lowest BCUT2D eigenvalue weighted by molar-refractivity contribution is -0.170. The number of amides is 1. The van der Waals surface area contributed by atoms with Crippen LogP contribution in [-0.2, 0) is 53.0 Å². The third-order valence-corrected chi connectivity index (χ3v) is 17.4. The summed E-state index contributed by atoms with van der Waals surface area (Å²) in [6.07, 6.45) is 16.0. The van der Waals surface area contributed by atoms with E-state index in [2.05, 4.69) is 40.1 Å². The smallest absolute Gasteiger partial charge is 0.350 e. The third kappa shape index (κ3) is 17.5. The maximum absolute atomic E-state index is 12.0. The number of aromatic hydroxyl groups is 1. The molecule has 0 bridgehead atoms. The summed E-state index contributed by atoms with van der Waals surface area (Å²) < 4.78 is 44.8. The van der Waals surface area contributed by atoms with Gasteiger partial charge in [0, 0.05) is 48.4 Å². The van der Waals surface area contributed by atoms with Gasteiger partial charge in [0.05, 0.1) is 37.2 Å². The minimum absolute atomic E-state index is 0.0347. The molecule has 20 heteroatoms. The van der Waals surface area contributed by atoms with Crippen molar-refractivity contribution in [2.45, 2.75) is 165 Å². The van der Waals surface area contributed by atoms with Crippen LogP contribution >= 0.6 is 0 Å². The van der Waals surface area contributed by atoms with E-state index in [0.29, 0.717) is 112 Å². The summed E-state index contributed by atoms with van der Waals surface area (Å²) in [5, 5.41) is 26.9. The molecule has 0 radical (unpaired) electrons. The summed E-state index contributed by atoms with van der Waals surface area (Å²) in [5.41, 5.74) is 7.33.